The summed E-state index contributed by atoms with van der Waals surface area (Å²) < 4.78 is 0. The Morgan fingerprint density at radius 1 is 1.41 bits per heavy atom. The highest BCUT2D eigenvalue weighted by molar-refractivity contribution is 7.98. The number of phenols is 1. The summed E-state index contributed by atoms with van der Waals surface area (Å²) in [5.41, 5.74) is 1.29. The molecule has 1 aromatic carbocycles. The van der Waals surface area contributed by atoms with Crippen molar-refractivity contribution < 1.29 is 9.90 Å². The molecule has 0 spiro atoms. The van der Waals surface area contributed by atoms with Gasteiger partial charge >= 0.3 is 0 Å². The molecule has 17 heavy (non-hydrogen) atoms. The lowest BCUT2D eigenvalue weighted by molar-refractivity contribution is 0.0950. The third-order valence-corrected chi connectivity index (χ3v) is 3.16. The van der Waals surface area contributed by atoms with Gasteiger partial charge in [0, 0.05) is 6.54 Å². The number of hydrogen-bond donors (Lipinski definition) is 2. The van der Waals surface area contributed by atoms with Crippen LogP contribution in [0.3, 0.4) is 0 Å². The Bertz CT molecular complexity index is 380. The van der Waals surface area contributed by atoms with Gasteiger partial charge in [-0.3, -0.25) is 4.79 Å². The monoisotopic (exact) mass is 253 g/mol. The number of benzene rings is 1. The van der Waals surface area contributed by atoms with Gasteiger partial charge in [0.25, 0.3) is 5.91 Å². The molecule has 0 aliphatic heterocycles. The molecule has 0 aliphatic rings. The van der Waals surface area contributed by atoms with Crippen LogP contribution in [0.25, 0.3) is 0 Å². The van der Waals surface area contributed by atoms with E-state index < -0.39 is 0 Å². The molecule has 0 bridgehead atoms. The van der Waals surface area contributed by atoms with Crippen LogP contribution in [-0.2, 0) is 0 Å². The lowest BCUT2D eigenvalue weighted by atomic mass is 10.1. The minimum atomic E-state index is -0.202. The molecule has 0 aromatic heterocycles. The summed E-state index contributed by atoms with van der Waals surface area (Å²) in [6, 6.07) is 5.08. The highest BCUT2D eigenvalue weighted by Crippen LogP contribution is 2.18. The maximum Gasteiger partial charge on any atom is 0.255 e. The third-order valence-electron chi connectivity index (χ3n) is 2.46. The number of amides is 1. The predicted octanol–water partition coefficient (Wildman–Crippen LogP) is 2.57. The molecule has 3 nitrogen and oxygen atoms in total. The lowest BCUT2D eigenvalue weighted by Gasteiger charge is -2.07. The van der Waals surface area contributed by atoms with Crippen LogP contribution in [0.1, 0.15) is 28.8 Å². The summed E-state index contributed by atoms with van der Waals surface area (Å²) in [5, 5.41) is 12.4. The lowest BCUT2D eigenvalue weighted by Crippen LogP contribution is -2.24. The van der Waals surface area contributed by atoms with Crippen LogP contribution in [0, 0.1) is 6.92 Å². The number of carbonyl (C=O) groups is 1. The van der Waals surface area contributed by atoms with E-state index in [4.69, 9.17) is 0 Å². The van der Waals surface area contributed by atoms with E-state index in [-0.39, 0.29) is 11.7 Å². The Hall–Kier alpha value is -1.16. The number of thioether (sulfide) groups is 1. The van der Waals surface area contributed by atoms with Gasteiger partial charge in [-0.05, 0) is 49.5 Å². The van der Waals surface area contributed by atoms with E-state index in [1.54, 1.807) is 12.1 Å². The Labute approximate surface area is 107 Å². The minimum Gasteiger partial charge on any atom is -0.507 e. The second-order valence-electron chi connectivity index (χ2n) is 3.98. The predicted molar refractivity (Wildman–Crippen MR) is 72.8 cm³/mol. The first-order valence-electron chi connectivity index (χ1n) is 5.72. The van der Waals surface area contributed by atoms with Crippen molar-refractivity contribution in [1.82, 2.24) is 5.32 Å². The first-order valence-corrected chi connectivity index (χ1v) is 7.11. The maximum absolute atomic E-state index is 11.7. The molecular formula is C13H19NO2S. The molecular weight excluding hydrogens is 234 g/mol. The van der Waals surface area contributed by atoms with Gasteiger partial charge in [0.15, 0.2) is 0 Å². The zero-order valence-electron chi connectivity index (χ0n) is 10.3. The molecule has 2 N–H and O–H groups in total. The quantitative estimate of drug-likeness (QED) is 0.766. The Kier molecular flexibility index (Phi) is 5.91. The third kappa shape index (κ3) is 4.69. The van der Waals surface area contributed by atoms with Gasteiger partial charge in [-0.1, -0.05) is 6.07 Å². The van der Waals surface area contributed by atoms with Crippen molar-refractivity contribution in [2.45, 2.75) is 19.8 Å². The van der Waals surface area contributed by atoms with Crippen molar-refractivity contribution in [2.75, 3.05) is 18.6 Å². The molecule has 94 valence electrons. The molecule has 1 aromatic rings. The maximum atomic E-state index is 11.7. The molecule has 0 heterocycles. The summed E-state index contributed by atoms with van der Waals surface area (Å²) in [5.74, 6) is 0.962. The highest BCUT2D eigenvalue weighted by Gasteiger charge is 2.09. The molecule has 0 saturated carbocycles. The average molecular weight is 253 g/mol. The van der Waals surface area contributed by atoms with Crippen molar-refractivity contribution in [3.05, 3.63) is 29.3 Å². The summed E-state index contributed by atoms with van der Waals surface area (Å²) in [6.07, 6.45) is 4.14. The molecule has 1 rings (SSSR count). The molecule has 0 atom stereocenters. The molecule has 0 aliphatic carbocycles. The Morgan fingerprint density at radius 2 is 2.18 bits per heavy atom. The van der Waals surface area contributed by atoms with E-state index in [1.807, 2.05) is 24.8 Å². The van der Waals surface area contributed by atoms with Crippen molar-refractivity contribution >= 4 is 17.7 Å². The van der Waals surface area contributed by atoms with E-state index in [0.717, 1.165) is 24.2 Å². The van der Waals surface area contributed by atoms with Gasteiger partial charge in [-0.25, -0.2) is 0 Å². The number of aryl methyl sites for hydroxylation is 1. The molecule has 0 fully saturated rings. The number of aromatic hydroxyl groups is 1. The second-order valence-corrected chi connectivity index (χ2v) is 4.96. The van der Waals surface area contributed by atoms with E-state index in [1.165, 1.54) is 0 Å². The van der Waals surface area contributed by atoms with E-state index in [9.17, 15) is 9.90 Å². The zero-order chi connectivity index (χ0) is 12.7. The highest BCUT2D eigenvalue weighted by atomic mass is 32.2. The minimum absolute atomic E-state index is 0.0478. The summed E-state index contributed by atoms with van der Waals surface area (Å²) in [7, 11) is 0. The van der Waals surface area contributed by atoms with Crippen LogP contribution in [0.2, 0.25) is 0 Å². The number of hydrogen-bond acceptors (Lipinski definition) is 3. The fourth-order valence-electron chi connectivity index (χ4n) is 1.50. The fraction of sp³-hybridized carbons (Fsp3) is 0.462. The number of unbranched alkanes of at least 4 members (excludes halogenated alkanes) is 1. The summed E-state index contributed by atoms with van der Waals surface area (Å²) in [6.45, 7) is 2.54. The molecule has 0 radical (unpaired) electrons. The van der Waals surface area contributed by atoms with Crippen molar-refractivity contribution in [3.63, 3.8) is 0 Å². The number of nitrogens with one attached hydrogen (secondary N) is 1. The van der Waals surface area contributed by atoms with Gasteiger partial charge in [0.2, 0.25) is 0 Å². The second kappa shape index (κ2) is 7.22. The fourth-order valence-corrected chi connectivity index (χ4v) is 2.00. The zero-order valence-corrected chi connectivity index (χ0v) is 11.1. The molecule has 1 amide bonds. The van der Waals surface area contributed by atoms with Gasteiger partial charge in [0.1, 0.15) is 5.75 Å². The van der Waals surface area contributed by atoms with Crippen LogP contribution in [-0.4, -0.2) is 29.6 Å². The van der Waals surface area contributed by atoms with Crippen LogP contribution >= 0.6 is 11.8 Å². The van der Waals surface area contributed by atoms with Crippen LogP contribution in [0.4, 0.5) is 0 Å². The molecule has 0 unspecified atom stereocenters. The van der Waals surface area contributed by atoms with Crippen LogP contribution < -0.4 is 5.32 Å². The van der Waals surface area contributed by atoms with Gasteiger partial charge in [-0.15, -0.1) is 0 Å². The summed E-state index contributed by atoms with van der Waals surface area (Å²) in [4.78, 5) is 11.7. The van der Waals surface area contributed by atoms with E-state index >= 15 is 0 Å². The number of rotatable bonds is 6. The van der Waals surface area contributed by atoms with Crippen LogP contribution in [0.15, 0.2) is 18.2 Å². The van der Waals surface area contributed by atoms with E-state index in [2.05, 4.69) is 11.6 Å². The topological polar surface area (TPSA) is 49.3 Å². The molecule has 0 saturated heterocycles. The number of phenolic OH excluding ortho intramolecular Hbond substituents is 1. The first-order chi connectivity index (χ1) is 8.15. The standard InChI is InChI=1S/C13H19NO2S/c1-10-5-6-11(12(15)9-10)13(16)14-7-3-4-8-17-2/h5-6,9,15H,3-4,7-8H2,1-2H3,(H,14,16). The van der Waals surface area contributed by atoms with Crippen molar-refractivity contribution in [1.29, 1.82) is 0 Å². The van der Waals surface area contributed by atoms with Gasteiger partial charge < -0.3 is 10.4 Å². The largest absolute Gasteiger partial charge is 0.507 e. The van der Waals surface area contributed by atoms with Gasteiger partial charge in [0.05, 0.1) is 5.56 Å². The first kappa shape index (κ1) is 13.9. The van der Waals surface area contributed by atoms with Crippen LogP contribution in [0.5, 0.6) is 5.75 Å². The Balaban J connectivity index is 2.42. The van der Waals surface area contributed by atoms with Gasteiger partial charge in [-0.2, -0.15) is 11.8 Å². The SMILES string of the molecule is CSCCCCNC(=O)c1ccc(C)cc1O. The summed E-state index contributed by atoms with van der Waals surface area (Å²) >= 11 is 1.81. The van der Waals surface area contributed by atoms with Crippen molar-refractivity contribution in [3.8, 4) is 5.75 Å². The molecule has 4 heteroatoms. The normalized spacial score (nSPS) is 10.2. The average Bonchev–Trinajstić information content (AvgIpc) is 2.28. The smallest absolute Gasteiger partial charge is 0.255 e. The number of carbonyl (C=O) groups excluding carboxylic acids is 1. The van der Waals surface area contributed by atoms with Crippen molar-refractivity contribution in [2.24, 2.45) is 0 Å². The van der Waals surface area contributed by atoms with E-state index in [0.29, 0.717) is 12.1 Å². The Morgan fingerprint density at radius 3 is 2.82 bits per heavy atom.